The molecule has 0 fully saturated rings. The maximum atomic E-state index is 13.1. The number of nitrogens with two attached hydrogens (primary N) is 1. The molecule has 0 aliphatic rings. The zero-order valence-corrected chi connectivity index (χ0v) is 12.2. The number of halogens is 3. The average Bonchev–Trinajstić information content (AvgIpc) is 2.43. The Kier molecular flexibility index (Phi) is 4.46. The van der Waals surface area contributed by atoms with E-state index >= 15 is 0 Å². The monoisotopic (exact) mass is 332 g/mol. The first-order chi connectivity index (χ1) is 9.83. The van der Waals surface area contributed by atoms with Gasteiger partial charge in [0.05, 0.1) is 10.6 Å². The number of sulfonamides is 1. The van der Waals surface area contributed by atoms with E-state index in [0.29, 0.717) is 10.6 Å². The Morgan fingerprint density at radius 3 is 2.43 bits per heavy atom. The summed E-state index contributed by atoms with van der Waals surface area (Å²) >= 11 is 5.86. The molecule has 0 heterocycles. The minimum absolute atomic E-state index is 0.0721. The molecule has 0 aliphatic heterocycles. The summed E-state index contributed by atoms with van der Waals surface area (Å²) in [6.07, 6.45) is 0. The molecule has 2 rings (SSSR count). The quantitative estimate of drug-likeness (QED) is 0.904. The number of rotatable bonds is 4. The summed E-state index contributed by atoms with van der Waals surface area (Å²) in [4.78, 5) is -0.0721. The predicted octanol–water partition coefficient (Wildman–Crippen LogP) is 2.88. The first-order valence-corrected chi connectivity index (χ1v) is 7.66. The van der Waals surface area contributed by atoms with Gasteiger partial charge in [-0.05, 0) is 35.9 Å². The molecule has 0 aromatic heterocycles. The van der Waals surface area contributed by atoms with Crippen LogP contribution in [0.3, 0.4) is 0 Å². The maximum absolute atomic E-state index is 13.1. The van der Waals surface area contributed by atoms with Gasteiger partial charge >= 0.3 is 0 Å². The number of hydrogen-bond acceptors (Lipinski definition) is 3. The van der Waals surface area contributed by atoms with E-state index in [4.69, 9.17) is 17.3 Å². The minimum atomic E-state index is -3.95. The summed E-state index contributed by atoms with van der Waals surface area (Å²) in [5.41, 5.74) is 5.84. The lowest BCUT2D eigenvalue weighted by Gasteiger charge is -2.10. The van der Waals surface area contributed by atoms with E-state index in [1.807, 2.05) is 0 Å². The van der Waals surface area contributed by atoms with Crippen molar-refractivity contribution in [2.24, 2.45) is 5.73 Å². The van der Waals surface area contributed by atoms with E-state index in [1.54, 1.807) is 0 Å². The number of benzene rings is 2. The standard InChI is InChI=1S/C13H11ClF2N2O2S/c14-11-3-2-10(5-8(11)7-17)21(19,20)18-9-1-4-12(15)13(16)6-9/h1-6,18H,7,17H2. The Hall–Kier alpha value is -1.70. The van der Waals surface area contributed by atoms with Crippen molar-refractivity contribution in [3.8, 4) is 0 Å². The van der Waals surface area contributed by atoms with Gasteiger partial charge in [-0.2, -0.15) is 0 Å². The van der Waals surface area contributed by atoms with Crippen LogP contribution >= 0.6 is 11.6 Å². The highest BCUT2D eigenvalue weighted by Crippen LogP contribution is 2.22. The second-order valence-electron chi connectivity index (χ2n) is 4.19. The lowest BCUT2D eigenvalue weighted by atomic mass is 10.2. The molecule has 0 bridgehead atoms. The summed E-state index contributed by atoms with van der Waals surface area (Å²) in [6, 6.07) is 6.74. The van der Waals surface area contributed by atoms with Crippen LogP contribution in [0.15, 0.2) is 41.3 Å². The fourth-order valence-corrected chi connectivity index (χ4v) is 2.94. The van der Waals surface area contributed by atoms with Crippen LogP contribution in [0.1, 0.15) is 5.56 Å². The fraction of sp³-hybridized carbons (Fsp3) is 0.0769. The second-order valence-corrected chi connectivity index (χ2v) is 6.28. The van der Waals surface area contributed by atoms with E-state index in [1.165, 1.54) is 18.2 Å². The summed E-state index contributed by atoms with van der Waals surface area (Å²) in [7, 11) is -3.95. The molecule has 3 N–H and O–H groups in total. The van der Waals surface area contributed by atoms with Gasteiger partial charge in [-0.25, -0.2) is 17.2 Å². The van der Waals surface area contributed by atoms with Crippen molar-refractivity contribution < 1.29 is 17.2 Å². The van der Waals surface area contributed by atoms with Crippen molar-refractivity contribution in [2.45, 2.75) is 11.4 Å². The van der Waals surface area contributed by atoms with E-state index in [0.717, 1.165) is 18.2 Å². The van der Waals surface area contributed by atoms with Crippen LogP contribution in [0.4, 0.5) is 14.5 Å². The smallest absolute Gasteiger partial charge is 0.261 e. The van der Waals surface area contributed by atoms with Crippen LogP contribution < -0.4 is 10.5 Å². The van der Waals surface area contributed by atoms with Gasteiger partial charge in [-0.15, -0.1) is 0 Å². The Bertz CT molecular complexity index is 782. The number of nitrogens with one attached hydrogen (secondary N) is 1. The third-order valence-corrected chi connectivity index (χ3v) is 4.47. The normalized spacial score (nSPS) is 11.4. The van der Waals surface area contributed by atoms with Gasteiger partial charge in [0, 0.05) is 17.6 Å². The lowest BCUT2D eigenvalue weighted by molar-refractivity contribution is 0.509. The van der Waals surface area contributed by atoms with Gasteiger partial charge in [0.1, 0.15) is 0 Å². The zero-order chi connectivity index (χ0) is 15.6. The topological polar surface area (TPSA) is 72.2 Å². The van der Waals surface area contributed by atoms with Gasteiger partial charge in [0.2, 0.25) is 0 Å². The van der Waals surface area contributed by atoms with Crippen LogP contribution in [0.25, 0.3) is 0 Å². The Morgan fingerprint density at radius 2 is 1.81 bits per heavy atom. The highest BCUT2D eigenvalue weighted by atomic mass is 35.5. The first-order valence-electron chi connectivity index (χ1n) is 5.80. The van der Waals surface area contributed by atoms with E-state index < -0.39 is 21.7 Å². The van der Waals surface area contributed by atoms with Crippen LogP contribution in [0, 0.1) is 11.6 Å². The molecule has 0 saturated heterocycles. The van der Waals surface area contributed by atoms with Gasteiger partial charge in [0.25, 0.3) is 10.0 Å². The molecular weight excluding hydrogens is 322 g/mol. The molecule has 112 valence electrons. The van der Waals surface area contributed by atoms with Crippen LogP contribution in [-0.4, -0.2) is 8.42 Å². The van der Waals surface area contributed by atoms with Crippen molar-refractivity contribution in [1.29, 1.82) is 0 Å². The van der Waals surface area contributed by atoms with Crippen LogP contribution in [0.5, 0.6) is 0 Å². The molecule has 0 saturated carbocycles. The molecule has 21 heavy (non-hydrogen) atoms. The number of anilines is 1. The van der Waals surface area contributed by atoms with Crippen molar-refractivity contribution in [1.82, 2.24) is 0 Å². The highest BCUT2D eigenvalue weighted by molar-refractivity contribution is 7.92. The third-order valence-electron chi connectivity index (χ3n) is 2.72. The predicted molar refractivity (Wildman–Crippen MR) is 76.5 cm³/mol. The molecular formula is C13H11ClF2N2O2S. The lowest BCUT2D eigenvalue weighted by Crippen LogP contribution is -2.14. The average molecular weight is 333 g/mol. The molecule has 4 nitrogen and oxygen atoms in total. The molecule has 0 amide bonds. The summed E-state index contributed by atoms with van der Waals surface area (Å²) < 4.78 is 52.4. The van der Waals surface area contributed by atoms with Crippen molar-refractivity contribution >= 4 is 27.3 Å². The number of hydrogen-bond donors (Lipinski definition) is 2. The SMILES string of the molecule is NCc1cc(S(=O)(=O)Nc2ccc(F)c(F)c2)ccc1Cl. The molecule has 0 unspecified atom stereocenters. The van der Waals surface area contributed by atoms with Gasteiger partial charge in [-0.1, -0.05) is 11.6 Å². The third kappa shape index (κ3) is 3.49. The van der Waals surface area contributed by atoms with Crippen LogP contribution in [-0.2, 0) is 16.6 Å². The van der Waals surface area contributed by atoms with Gasteiger partial charge in [-0.3, -0.25) is 4.72 Å². The minimum Gasteiger partial charge on any atom is -0.326 e. The van der Waals surface area contributed by atoms with Crippen molar-refractivity contribution in [2.75, 3.05) is 4.72 Å². The maximum Gasteiger partial charge on any atom is 0.261 e. The Labute approximate surface area is 125 Å². The largest absolute Gasteiger partial charge is 0.326 e. The summed E-state index contributed by atoms with van der Waals surface area (Å²) in [5.74, 6) is -2.20. The molecule has 0 aliphatic carbocycles. The van der Waals surface area contributed by atoms with E-state index in [-0.39, 0.29) is 17.1 Å². The zero-order valence-electron chi connectivity index (χ0n) is 10.6. The molecule has 2 aromatic rings. The van der Waals surface area contributed by atoms with E-state index in [9.17, 15) is 17.2 Å². The molecule has 0 radical (unpaired) electrons. The van der Waals surface area contributed by atoms with Crippen molar-refractivity contribution in [3.63, 3.8) is 0 Å². The molecule has 8 heteroatoms. The van der Waals surface area contributed by atoms with Crippen LogP contribution in [0.2, 0.25) is 5.02 Å². The summed E-state index contributed by atoms with van der Waals surface area (Å²) in [6.45, 7) is 0.0768. The van der Waals surface area contributed by atoms with Gasteiger partial charge < -0.3 is 5.73 Å². The highest BCUT2D eigenvalue weighted by Gasteiger charge is 2.16. The molecule has 2 aromatic carbocycles. The molecule has 0 atom stereocenters. The first kappa shape index (κ1) is 15.7. The second kappa shape index (κ2) is 5.97. The van der Waals surface area contributed by atoms with E-state index in [2.05, 4.69) is 4.72 Å². The van der Waals surface area contributed by atoms with Crippen molar-refractivity contribution in [3.05, 3.63) is 58.6 Å². The Morgan fingerprint density at radius 1 is 1.10 bits per heavy atom. The Balaban J connectivity index is 2.35. The fourth-order valence-electron chi connectivity index (χ4n) is 1.65. The van der Waals surface area contributed by atoms with Gasteiger partial charge in [0.15, 0.2) is 11.6 Å². The summed E-state index contributed by atoms with van der Waals surface area (Å²) in [5, 5.41) is 0.351. The molecule has 0 spiro atoms.